The molecule has 88 valence electrons. The van der Waals surface area contributed by atoms with E-state index in [2.05, 4.69) is 4.98 Å². The largest absolute Gasteiger partial charge is 0.434 e. The van der Waals surface area contributed by atoms with E-state index in [1.54, 1.807) is 24.3 Å². The number of nitrogen functional groups attached to an aromatic ring is 1. The molecular weight excluding hydrogens is 219 g/mol. The summed E-state index contributed by atoms with van der Waals surface area (Å²) in [7, 11) is 0. The van der Waals surface area contributed by atoms with Crippen LogP contribution in [0.25, 0.3) is 0 Å². The van der Waals surface area contributed by atoms with Gasteiger partial charge in [0.05, 0.1) is 5.69 Å². The average Bonchev–Trinajstić information content (AvgIpc) is 2.28. The molecule has 0 aliphatic rings. The fraction of sp³-hybridized carbons (Fsp3) is 0.154. The van der Waals surface area contributed by atoms with Crippen molar-refractivity contribution in [2.45, 2.75) is 13.8 Å². The molecule has 4 heteroatoms. The van der Waals surface area contributed by atoms with Gasteiger partial charge in [0, 0.05) is 5.69 Å². The Labute approximate surface area is 99.1 Å². The molecule has 0 bridgehead atoms. The number of ether oxygens (including phenoxy) is 1. The van der Waals surface area contributed by atoms with E-state index in [0.29, 0.717) is 5.69 Å². The summed E-state index contributed by atoms with van der Waals surface area (Å²) in [6.45, 7) is 3.68. The zero-order valence-corrected chi connectivity index (χ0v) is 9.70. The van der Waals surface area contributed by atoms with Crippen molar-refractivity contribution in [3.05, 3.63) is 47.4 Å². The molecule has 17 heavy (non-hydrogen) atoms. The zero-order valence-electron chi connectivity index (χ0n) is 9.70. The Balaban J connectivity index is 2.37. The number of rotatable bonds is 2. The van der Waals surface area contributed by atoms with E-state index < -0.39 is 5.82 Å². The molecule has 2 aromatic rings. The summed E-state index contributed by atoms with van der Waals surface area (Å²) in [5.41, 5.74) is 7.78. The molecule has 2 N–H and O–H groups in total. The molecule has 1 aromatic heterocycles. The van der Waals surface area contributed by atoms with Crippen LogP contribution in [-0.4, -0.2) is 4.98 Å². The molecule has 0 aliphatic heterocycles. The Kier molecular flexibility index (Phi) is 2.95. The average molecular weight is 232 g/mol. The third kappa shape index (κ3) is 2.53. The predicted molar refractivity (Wildman–Crippen MR) is 64.6 cm³/mol. The summed E-state index contributed by atoms with van der Waals surface area (Å²) in [5, 5.41) is 0. The van der Waals surface area contributed by atoms with E-state index in [-0.39, 0.29) is 11.6 Å². The number of benzene rings is 1. The van der Waals surface area contributed by atoms with Gasteiger partial charge in [0.1, 0.15) is 0 Å². The van der Waals surface area contributed by atoms with E-state index >= 15 is 0 Å². The second-order valence-electron chi connectivity index (χ2n) is 3.88. The van der Waals surface area contributed by atoms with E-state index in [1.807, 2.05) is 13.8 Å². The Morgan fingerprint density at radius 2 is 1.94 bits per heavy atom. The lowest BCUT2D eigenvalue weighted by Gasteiger charge is -2.09. The van der Waals surface area contributed by atoms with Crippen LogP contribution in [0.15, 0.2) is 30.3 Å². The van der Waals surface area contributed by atoms with E-state index in [0.717, 1.165) is 11.3 Å². The van der Waals surface area contributed by atoms with Crippen LogP contribution in [0.1, 0.15) is 11.3 Å². The SMILES string of the molecule is Cc1ccc(F)c(Oc2nc(C)ccc2N)c1. The Hall–Kier alpha value is -2.10. The lowest BCUT2D eigenvalue weighted by molar-refractivity contribution is 0.428. The fourth-order valence-corrected chi connectivity index (χ4v) is 1.42. The zero-order chi connectivity index (χ0) is 12.4. The maximum atomic E-state index is 13.5. The van der Waals surface area contributed by atoms with Crippen LogP contribution in [0, 0.1) is 19.7 Å². The van der Waals surface area contributed by atoms with Crippen LogP contribution in [0.5, 0.6) is 11.6 Å². The van der Waals surface area contributed by atoms with Crippen LogP contribution >= 0.6 is 0 Å². The van der Waals surface area contributed by atoms with Gasteiger partial charge in [-0.2, -0.15) is 0 Å². The summed E-state index contributed by atoms with van der Waals surface area (Å²) >= 11 is 0. The van der Waals surface area contributed by atoms with Gasteiger partial charge in [0.15, 0.2) is 11.6 Å². The number of aromatic nitrogens is 1. The van der Waals surface area contributed by atoms with Crippen LogP contribution in [0.3, 0.4) is 0 Å². The van der Waals surface area contributed by atoms with Crippen LogP contribution < -0.4 is 10.5 Å². The quantitative estimate of drug-likeness (QED) is 0.864. The maximum Gasteiger partial charge on any atom is 0.243 e. The second-order valence-corrected chi connectivity index (χ2v) is 3.88. The number of halogens is 1. The molecule has 1 heterocycles. The van der Waals surface area contributed by atoms with Gasteiger partial charge in [-0.15, -0.1) is 0 Å². The minimum atomic E-state index is -0.432. The lowest BCUT2D eigenvalue weighted by Crippen LogP contribution is -1.97. The van der Waals surface area contributed by atoms with Crippen molar-refractivity contribution in [1.82, 2.24) is 4.98 Å². The first-order valence-electron chi connectivity index (χ1n) is 5.23. The van der Waals surface area contributed by atoms with Gasteiger partial charge in [-0.25, -0.2) is 9.37 Å². The molecule has 0 unspecified atom stereocenters. The molecule has 0 atom stereocenters. The topological polar surface area (TPSA) is 48.1 Å². The first kappa shape index (κ1) is 11.4. The first-order chi connectivity index (χ1) is 8.06. The standard InChI is InChI=1S/C13H13FN2O/c1-8-3-5-10(14)12(7-8)17-13-11(15)6-4-9(2)16-13/h3-7H,15H2,1-2H3. The van der Waals surface area contributed by atoms with Gasteiger partial charge < -0.3 is 10.5 Å². The lowest BCUT2D eigenvalue weighted by atomic mass is 10.2. The van der Waals surface area contributed by atoms with E-state index in [1.165, 1.54) is 6.07 Å². The summed E-state index contributed by atoms with van der Waals surface area (Å²) < 4.78 is 18.9. The molecule has 0 spiro atoms. The second kappa shape index (κ2) is 4.41. The number of nitrogens with two attached hydrogens (primary N) is 1. The maximum absolute atomic E-state index is 13.5. The van der Waals surface area contributed by atoms with Gasteiger partial charge in [0.25, 0.3) is 0 Å². The molecule has 0 amide bonds. The van der Waals surface area contributed by atoms with Gasteiger partial charge in [-0.1, -0.05) is 6.07 Å². The predicted octanol–water partition coefficient (Wildman–Crippen LogP) is 3.21. The smallest absolute Gasteiger partial charge is 0.243 e. The van der Waals surface area contributed by atoms with Crippen molar-refractivity contribution in [3.63, 3.8) is 0 Å². The highest BCUT2D eigenvalue weighted by Gasteiger charge is 2.08. The van der Waals surface area contributed by atoms with E-state index in [9.17, 15) is 4.39 Å². The number of aryl methyl sites for hydroxylation is 2. The third-order valence-corrected chi connectivity index (χ3v) is 2.32. The number of hydrogen-bond acceptors (Lipinski definition) is 3. The third-order valence-electron chi connectivity index (χ3n) is 2.32. The minimum absolute atomic E-state index is 0.134. The van der Waals surface area contributed by atoms with Crippen molar-refractivity contribution in [3.8, 4) is 11.6 Å². The highest BCUT2D eigenvalue weighted by atomic mass is 19.1. The molecule has 1 aromatic carbocycles. The van der Waals surface area contributed by atoms with Gasteiger partial charge in [-0.3, -0.25) is 0 Å². The van der Waals surface area contributed by atoms with Crippen molar-refractivity contribution >= 4 is 5.69 Å². The first-order valence-corrected chi connectivity index (χ1v) is 5.23. The Morgan fingerprint density at radius 1 is 1.18 bits per heavy atom. The highest BCUT2D eigenvalue weighted by molar-refractivity contribution is 5.50. The summed E-state index contributed by atoms with van der Waals surface area (Å²) in [5.74, 6) is -0.0670. The summed E-state index contributed by atoms with van der Waals surface area (Å²) in [4.78, 5) is 4.12. The molecule has 0 saturated heterocycles. The Morgan fingerprint density at radius 3 is 2.71 bits per heavy atom. The normalized spacial score (nSPS) is 10.3. The molecule has 2 rings (SSSR count). The Bertz CT molecular complexity index is 506. The van der Waals surface area contributed by atoms with Gasteiger partial charge in [0.2, 0.25) is 5.88 Å². The molecular formula is C13H13FN2O. The van der Waals surface area contributed by atoms with Crippen molar-refractivity contribution < 1.29 is 9.13 Å². The number of nitrogens with zero attached hydrogens (tertiary/aromatic N) is 1. The molecule has 3 nitrogen and oxygen atoms in total. The van der Waals surface area contributed by atoms with Crippen LogP contribution in [0.4, 0.5) is 10.1 Å². The molecule has 0 aliphatic carbocycles. The minimum Gasteiger partial charge on any atom is -0.434 e. The van der Waals surface area contributed by atoms with Crippen molar-refractivity contribution in [1.29, 1.82) is 0 Å². The molecule has 0 radical (unpaired) electrons. The molecule has 0 fully saturated rings. The van der Waals surface area contributed by atoms with E-state index in [4.69, 9.17) is 10.5 Å². The fourth-order valence-electron chi connectivity index (χ4n) is 1.42. The summed E-state index contributed by atoms with van der Waals surface area (Å²) in [6.07, 6.45) is 0. The van der Waals surface area contributed by atoms with Gasteiger partial charge >= 0.3 is 0 Å². The number of anilines is 1. The van der Waals surface area contributed by atoms with Crippen LogP contribution in [0.2, 0.25) is 0 Å². The van der Waals surface area contributed by atoms with Crippen molar-refractivity contribution in [2.24, 2.45) is 0 Å². The monoisotopic (exact) mass is 232 g/mol. The van der Waals surface area contributed by atoms with Crippen LogP contribution in [-0.2, 0) is 0 Å². The highest BCUT2D eigenvalue weighted by Crippen LogP contribution is 2.28. The van der Waals surface area contributed by atoms with Crippen molar-refractivity contribution in [2.75, 3.05) is 5.73 Å². The molecule has 0 saturated carbocycles. The number of hydrogen-bond donors (Lipinski definition) is 1. The summed E-state index contributed by atoms with van der Waals surface area (Å²) in [6, 6.07) is 8.10. The van der Waals surface area contributed by atoms with Gasteiger partial charge in [-0.05, 0) is 43.7 Å². The number of pyridine rings is 1.